The molecule has 0 saturated carbocycles. The van der Waals surface area contributed by atoms with E-state index in [0.29, 0.717) is 12.1 Å². The maximum Gasteiger partial charge on any atom is 0.323 e. The largest absolute Gasteiger partial charge is 0.480 e. The zero-order valence-electron chi connectivity index (χ0n) is 12.4. The number of carbonyl (C=O) groups is 2. The Morgan fingerprint density at radius 1 is 1.29 bits per heavy atom. The van der Waals surface area contributed by atoms with Crippen molar-refractivity contribution in [3.05, 3.63) is 29.8 Å². The Morgan fingerprint density at radius 2 is 2.00 bits per heavy atom. The molecule has 1 fully saturated rings. The lowest BCUT2D eigenvalue weighted by Crippen LogP contribution is -2.36. The highest BCUT2D eigenvalue weighted by Gasteiger charge is 2.19. The van der Waals surface area contributed by atoms with Crippen LogP contribution in [0.5, 0.6) is 0 Å². The summed E-state index contributed by atoms with van der Waals surface area (Å²) in [6, 6.07) is 7.50. The highest BCUT2D eigenvalue weighted by Crippen LogP contribution is 2.21. The number of hydrogen-bond donors (Lipinski definition) is 1. The molecule has 21 heavy (non-hydrogen) atoms. The van der Waals surface area contributed by atoms with Gasteiger partial charge in [0.2, 0.25) is 0 Å². The van der Waals surface area contributed by atoms with Crippen LogP contribution in [0, 0.1) is 0 Å². The summed E-state index contributed by atoms with van der Waals surface area (Å²) in [4.78, 5) is 27.0. The quantitative estimate of drug-likeness (QED) is 0.872. The van der Waals surface area contributed by atoms with Crippen molar-refractivity contribution in [1.82, 2.24) is 4.90 Å². The van der Waals surface area contributed by atoms with Crippen molar-refractivity contribution in [2.24, 2.45) is 0 Å². The lowest BCUT2D eigenvalue weighted by Gasteiger charge is -2.22. The topological polar surface area (TPSA) is 60.9 Å². The van der Waals surface area contributed by atoms with E-state index in [4.69, 9.17) is 5.11 Å². The fraction of sp³-hybridized carbons (Fsp3) is 0.500. The highest BCUT2D eigenvalue weighted by atomic mass is 16.4. The molecule has 0 spiro atoms. The van der Waals surface area contributed by atoms with Gasteiger partial charge in [-0.05, 0) is 37.5 Å². The van der Waals surface area contributed by atoms with Crippen LogP contribution in [0.2, 0.25) is 0 Å². The normalized spacial score (nSPS) is 14.2. The number of hydrogen-bond acceptors (Lipinski definition) is 3. The van der Waals surface area contributed by atoms with Crippen LogP contribution in [0.15, 0.2) is 24.3 Å². The number of carboxylic acid groups (broad SMARTS) is 1. The molecule has 1 N–H and O–H groups in total. The monoisotopic (exact) mass is 290 g/mol. The third-order valence-corrected chi connectivity index (χ3v) is 3.67. The zero-order chi connectivity index (χ0) is 15.2. The first-order valence-corrected chi connectivity index (χ1v) is 7.48. The number of rotatable bonds is 6. The van der Waals surface area contributed by atoms with Crippen molar-refractivity contribution in [2.75, 3.05) is 31.1 Å². The maximum absolute atomic E-state index is 12.5. The summed E-state index contributed by atoms with van der Waals surface area (Å²) in [6.45, 7) is 4.18. The molecule has 0 radical (unpaired) electrons. The number of carboxylic acids is 1. The minimum absolute atomic E-state index is 0.208. The molecule has 1 saturated heterocycles. The smallest absolute Gasteiger partial charge is 0.323 e. The molecule has 1 heterocycles. The van der Waals surface area contributed by atoms with E-state index in [9.17, 15) is 9.59 Å². The summed E-state index contributed by atoms with van der Waals surface area (Å²) in [7, 11) is 0. The summed E-state index contributed by atoms with van der Waals surface area (Å²) < 4.78 is 0. The lowest BCUT2D eigenvalue weighted by atomic mass is 10.1. The second kappa shape index (κ2) is 7.11. The molecule has 0 aliphatic carbocycles. The van der Waals surface area contributed by atoms with Crippen LogP contribution < -0.4 is 4.90 Å². The van der Waals surface area contributed by atoms with Gasteiger partial charge in [0, 0.05) is 30.9 Å². The Morgan fingerprint density at radius 3 is 2.62 bits per heavy atom. The van der Waals surface area contributed by atoms with E-state index in [2.05, 4.69) is 4.90 Å². The third-order valence-electron chi connectivity index (χ3n) is 3.67. The molecule has 1 aliphatic heterocycles. The van der Waals surface area contributed by atoms with Gasteiger partial charge in [-0.15, -0.1) is 0 Å². The van der Waals surface area contributed by atoms with Gasteiger partial charge in [0.05, 0.1) is 0 Å². The predicted molar refractivity (Wildman–Crippen MR) is 81.7 cm³/mol. The number of carbonyl (C=O) groups excluding carboxylic acids is 1. The summed E-state index contributed by atoms with van der Waals surface area (Å²) in [5, 5.41) is 8.93. The third kappa shape index (κ3) is 3.97. The molecule has 1 aromatic rings. The van der Waals surface area contributed by atoms with Gasteiger partial charge in [0.15, 0.2) is 0 Å². The molecule has 5 nitrogen and oxygen atoms in total. The molecule has 114 valence electrons. The summed E-state index contributed by atoms with van der Waals surface area (Å²) in [5.41, 5.74) is 1.61. The van der Waals surface area contributed by atoms with E-state index in [1.807, 2.05) is 25.1 Å². The molecule has 1 aromatic carbocycles. The summed E-state index contributed by atoms with van der Waals surface area (Å²) in [5.74, 6) is -1.19. The minimum Gasteiger partial charge on any atom is -0.480 e. The first-order valence-electron chi connectivity index (χ1n) is 7.48. The molecule has 2 rings (SSSR count). The van der Waals surface area contributed by atoms with Gasteiger partial charge >= 0.3 is 5.97 Å². The number of aliphatic carboxylic acids is 1. The lowest BCUT2D eigenvalue weighted by molar-refractivity contribution is -0.137. The van der Waals surface area contributed by atoms with Crippen LogP contribution in [0.1, 0.15) is 36.5 Å². The van der Waals surface area contributed by atoms with Crippen LogP contribution in [0.25, 0.3) is 0 Å². The number of anilines is 1. The number of benzene rings is 1. The van der Waals surface area contributed by atoms with Crippen LogP contribution >= 0.6 is 0 Å². The van der Waals surface area contributed by atoms with Crippen LogP contribution in [-0.4, -0.2) is 48.1 Å². The Labute approximate surface area is 125 Å². The second-order valence-electron chi connectivity index (χ2n) is 5.36. The van der Waals surface area contributed by atoms with E-state index in [0.717, 1.165) is 25.2 Å². The van der Waals surface area contributed by atoms with E-state index >= 15 is 0 Å². The molecular weight excluding hydrogens is 268 g/mol. The molecule has 0 unspecified atom stereocenters. The Bertz CT molecular complexity index is 510. The fourth-order valence-electron chi connectivity index (χ4n) is 2.68. The predicted octanol–water partition coefficient (Wildman–Crippen LogP) is 2.22. The second-order valence-corrected chi connectivity index (χ2v) is 5.36. The molecular formula is C16H22N2O3. The molecule has 1 aliphatic rings. The van der Waals surface area contributed by atoms with Crippen molar-refractivity contribution in [3.63, 3.8) is 0 Å². The highest BCUT2D eigenvalue weighted by molar-refractivity contribution is 5.96. The van der Waals surface area contributed by atoms with Crippen LogP contribution in [-0.2, 0) is 4.79 Å². The van der Waals surface area contributed by atoms with Crippen molar-refractivity contribution in [2.45, 2.75) is 26.2 Å². The Kier molecular flexibility index (Phi) is 5.20. The SMILES string of the molecule is CCCN(CC(=O)O)C(=O)c1cccc(N2CCCC2)c1. The molecule has 1 amide bonds. The minimum atomic E-state index is -0.979. The van der Waals surface area contributed by atoms with Gasteiger partial charge in [-0.25, -0.2) is 0 Å². The first kappa shape index (κ1) is 15.4. The van der Waals surface area contributed by atoms with Gasteiger partial charge in [-0.2, -0.15) is 0 Å². The van der Waals surface area contributed by atoms with Crippen LogP contribution in [0.3, 0.4) is 0 Å². The standard InChI is InChI=1S/C16H22N2O3/c1-2-8-18(12-15(19)20)16(21)13-6-5-7-14(11-13)17-9-3-4-10-17/h5-7,11H,2-4,8-10,12H2,1H3,(H,19,20). The Balaban J connectivity index is 2.16. The van der Waals surface area contributed by atoms with Gasteiger partial charge < -0.3 is 14.9 Å². The average Bonchev–Trinajstić information content (AvgIpc) is 3.00. The molecule has 0 bridgehead atoms. The first-order chi connectivity index (χ1) is 10.1. The molecule has 0 atom stereocenters. The fourth-order valence-corrected chi connectivity index (χ4v) is 2.68. The van der Waals surface area contributed by atoms with E-state index < -0.39 is 5.97 Å². The number of amides is 1. The Hall–Kier alpha value is -2.04. The van der Waals surface area contributed by atoms with Gasteiger partial charge in [0.1, 0.15) is 6.54 Å². The van der Waals surface area contributed by atoms with Gasteiger partial charge in [-0.1, -0.05) is 13.0 Å². The average molecular weight is 290 g/mol. The van der Waals surface area contributed by atoms with E-state index in [-0.39, 0.29) is 12.5 Å². The maximum atomic E-state index is 12.5. The molecule has 0 aromatic heterocycles. The van der Waals surface area contributed by atoms with Crippen molar-refractivity contribution >= 4 is 17.6 Å². The van der Waals surface area contributed by atoms with E-state index in [1.165, 1.54) is 17.7 Å². The van der Waals surface area contributed by atoms with Gasteiger partial charge in [0.25, 0.3) is 5.91 Å². The van der Waals surface area contributed by atoms with Crippen molar-refractivity contribution in [1.29, 1.82) is 0 Å². The van der Waals surface area contributed by atoms with Crippen LogP contribution in [0.4, 0.5) is 5.69 Å². The number of nitrogens with zero attached hydrogens (tertiary/aromatic N) is 2. The van der Waals surface area contributed by atoms with E-state index in [1.54, 1.807) is 6.07 Å². The van der Waals surface area contributed by atoms with Crippen molar-refractivity contribution in [3.8, 4) is 0 Å². The summed E-state index contributed by atoms with van der Waals surface area (Å²) in [6.07, 6.45) is 3.10. The van der Waals surface area contributed by atoms with Crippen molar-refractivity contribution < 1.29 is 14.7 Å². The summed E-state index contributed by atoms with van der Waals surface area (Å²) >= 11 is 0. The zero-order valence-corrected chi connectivity index (χ0v) is 12.4. The molecule has 5 heteroatoms. The van der Waals surface area contributed by atoms with Gasteiger partial charge in [-0.3, -0.25) is 9.59 Å².